The molecule has 1 aliphatic heterocycles. The van der Waals surface area contributed by atoms with Crippen LogP contribution in [0.25, 0.3) is 0 Å². The van der Waals surface area contributed by atoms with Crippen LogP contribution in [0.3, 0.4) is 0 Å². The van der Waals surface area contributed by atoms with Gasteiger partial charge < -0.3 is 15.2 Å². The van der Waals surface area contributed by atoms with Crippen molar-refractivity contribution in [2.75, 3.05) is 39.4 Å². The molecule has 0 unspecified atom stereocenters. The zero-order chi connectivity index (χ0) is 17.5. The van der Waals surface area contributed by atoms with Crippen molar-refractivity contribution in [1.29, 1.82) is 0 Å². The molecule has 2 atom stereocenters. The molecule has 1 aromatic carbocycles. The molecule has 1 fully saturated rings. The number of carbonyl (C=O) groups excluding carboxylic acids is 1. The van der Waals surface area contributed by atoms with Crippen LogP contribution >= 0.6 is 0 Å². The van der Waals surface area contributed by atoms with Gasteiger partial charge in [0.05, 0.1) is 25.2 Å². The van der Waals surface area contributed by atoms with E-state index in [0.717, 1.165) is 19.6 Å². The zero-order valence-electron chi connectivity index (χ0n) is 14.4. The topological polar surface area (TPSA) is 61.8 Å². The number of hydrogen-bond donors (Lipinski definition) is 2. The SMILES string of the molecule is CC(C)CN1CCO[C@@H](CNC(=O)[C@@H](CO)c2ccc(F)cc2)C1. The van der Waals surface area contributed by atoms with E-state index in [4.69, 9.17) is 4.74 Å². The van der Waals surface area contributed by atoms with Gasteiger partial charge >= 0.3 is 0 Å². The maximum absolute atomic E-state index is 13.0. The Morgan fingerprint density at radius 1 is 1.42 bits per heavy atom. The summed E-state index contributed by atoms with van der Waals surface area (Å²) in [6.07, 6.45) is -0.0472. The Kier molecular flexibility index (Phi) is 7.15. The average Bonchev–Trinajstić information content (AvgIpc) is 2.55. The van der Waals surface area contributed by atoms with Gasteiger partial charge in [0, 0.05) is 26.2 Å². The van der Waals surface area contributed by atoms with Crippen LogP contribution in [0.5, 0.6) is 0 Å². The standard InChI is InChI=1S/C18H27FN2O3/c1-13(2)10-21-7-8-24-16(11-21)9-20-18(23)17(12-22)14-3-5-15(19)6-4-14/h3-6,13,16-17,22H,7-12H2,1-2H3,(H,20,23)/t16-,17-/m0/s1. The highest BCUT2D eigenvalue weighted by Gasteiger charge is 2.24. The van der Waals surface area contributed by atoms with Crippen molar-refractivity contribution in [3.05, 3.63) is 35.6 Å². The van der Waals surface area contributed by atoms with Crippen LogP contribution in [-0.2, 0) is 9.53 Å². The third kappa shape index (κ3) is 5.54. The quantitative estimate of drug-likeness (QED) is 0.788. The largest absolute Gasteiger partial charge is 0.395 e. The summed E-state index contributed by atoms with van der Waals surface area (Å²) in [5, 5.41) is 12.3. The fourth-order valence-corrected chi connectivity index (χ4v) is 2.96. The van der Waals surface area contributed by atoms with Gasteiger partial charge in [0.15, 0.2) is 0 Å². The Balaban J connectivity index is 1.85. The van der Waals surface area contributed by atoms with Crippen LogP contribution in [0.4, 0.5) is 4.39 Å². The number of morpholine rings is 1. The molecular formula is C18H27FN2O3. The molecule has 0 saturated carbocycles. The molecule has 0 aliphatic carbocycles. The molecule has 1 heterocycles. The summed E-state index contributed by atoms with van der Waals surface area (Å²) in [6, 6.07) is 5.63. The fourth-order valence-electron chi connectivity index (χ4n) is 2.96. The normalized spacial score (nSPS) is 20.1. The molecule has 1 amide bonds. The Labute approximate surface area is 142 Å². The van der Waals surface area contributed by atoms with Crippen molar-refractivity contribution in [3.63, 3.8) is 0 Å². The minimum atomic E-state index is -0.694. The van der Waals surface area contributed by atoms with E-state index < -0.39 is 5.92 Å². The summed E-state index contributed by atoms with van der Waals surface area (Å²) in [7, 11) is 0. The number of rotatable bonds is 7. The number of halogens is 1. The lowest BCUT2D eigenvalue weighted by Crippen LogP contribution is -2.49. The number of ether oxygens (including phenoxy) is 1. The highest BCUT2D eigenvalue weighted by Crippen LogP contribution is 2.16. The minimum Gasteiger partial charge on any atom is -0.395 e. The van der Waals surface area contributed by atoms with Gasteiger partial charge in [-0.15, -0.1) is 0 Å². The van der Waals surface area contributed by atoms with E-state index in [-0.39, 0.29) is 24.4 Å². The van der Waals surface area contributed by atoms with Crippen LogP contribution < -0.4 is 5.32 Å². The summed E-state index contributed by atoms with van der Waals surface area (Å²) in [5.74, 6) is -0.734. The van der Waals surface area contributed by atoms with Crippen molar-refractivity contribution in [3.8, 4) is 0 Å². The smallest absolute Gasteiger partial charge is 0.229 e. The Morgan fingerprint density at radius 2 is 2.12 bits per heavy atom. The molecule has 2 N–H and O–H groups in total. The van der Waals surface area contributed by atoms with Gasteiger partial charge in [-0.1, -0.05) is 26.0 Å². The summed E-state index contributed by atoms with van der Waals surface area (Å²) >= 11 is 0. The first-order chi connectivity index (χ1) is 11.5. The predicted octanol–water partition coefficient (Wildman–Crippen LogP) is 1.37. The molecule has 134 valence electrons. The summed E-state index contributed by atoms with van der Waals surface area (Å²) < 4.78 is 18.7. The van der Waals surface area contributed by atoms with Crippen molar-refractivity contribution < 1.29 is 19.0 Å². The number of carbonyl (C=O) groups is 1. The Bertz CT molecular complexity index is 522. The van der Waals surface area contributed by atoms with Crippen LogP contribution in [0, 0.1) is 11.7 Å². The lowest BCUT2D eigenvalue weighted by molar-refractivity contribution is -0.124. The lowest BCUT2D eigenvalue weighted by Gasteiger charge is -2.34. The van der Waals surface area contributed by atoms with E-state index in [1.54, 1.807) is 0 Å². The maximum atomic E-state index is 13.0. The Hall–Kier alpha value is -1.50. The van der Waals surface area contributed by atoms with Gasteiger partial charge in [-0.05, 0) is 23.6 Å². The maximum Gasteiger partial charge on any atom is 0.229 e. The highest BCUT2D eigenvalue weighted by atomic mass is 19.1. The molecular weight excluding hydrogens is 311 g/mol. The van der Waals surface area contributed by atoms with Crippen molar-refractivity contribution in [2.24, 2.45) is 5.92 Å². The molecule has 24 heavy (non-hydrogen) atoms. The van der Waals surface area contributed by atoms with Gasteiger partial charge in [0.2, 0.25) is 5.91 Å². The fraction of sp³-hybridized carbons (Fsp3) is 0.611. The highest BCUT2D eigenvalue weighted by molar-refractivity contribution is 5.83. The average molecular weight is 338 g/mol. The predicted molar refractivity (Wildman–Crippen MR) is 90.3 cm³/mol. The Morgan fingerprint density at radius 3 is 2.75 bits per heavy atom. The van der Waals surface area contributed by atoms with Crippen molar-refractivity contribution in [2.45, 2.75) is 25.9 Å². The number of aliphatic hydroxyl groups excluding tert-OH is 1. The van der Waals surface area contributed by atoms with E-state index >= 15 is 0 Å². The van der Waals surface area contributed by atoms with E-state index in [0.29, 0.717) is 24.6 Å². The van der Waals surface area contributed by atoms with Gasteiger partial charge in [-0.2, -0.15) is 0 Å². The monoisotopic (exact) mass is 338 g/mol. The molecule has 0 bridgehead atoms. The third-order valence-electron chi connectivity index (χ3n) is 4.12. The first kappa shape index (κ1) is 18.8. The third-order valence-corrected chi connectivity index (χ3v) is 4.12. The first-order valence-corrected chi connectivity index (χ1v) is 8.47. The minimum absolute atomic E-state index is 0.0472. The first-order valence-electron chi connectivity index (χ1n) is 8.47. The van der Waals surface area contributed by atoms with E-state index in [9.17, 15) is 14.3 Å². The molecule has 6 heteroatoms. The number of amides is 1. The van der Waals surface area contributed by atoms with Crippen molar-refractivity contribution >= 4 is 5.91 Å². The lowest BCUT2D eigenvalue weighted by atomic mass is 9.99. The number of nitrogens with one attached hydrogen (secondary N) is 1. The molecule has 1 aromatic rings. The van der Waals surface area contributed by atoms with Crippen LogP contribution in [0.1, 0.15) is 25.3 Å². The molecule has 1 saturated heterocycles. The summed E-state index contributed by atoms with van der Waals surface area (Å²) in [4.78, 5) is 14.7. The van der Waals surface area contributed by atoms with Gasteiger partial charge in [0.1, 0.15) is 5.82 Å². The van der Waals surface area contributed by atoms with Gasteiger partial charge in [0.25, 0.3) is 0 Å². The second-order valence-corrected chi connectivity index (χ2v) is 6.68. The zero-order valence-corrected chi connectivity index (χ0v) is 14.4. The molecule has 0 spiro atoms. The van der Waals surface area contributed by atoms with Crippen LogP contribution in [0.15, 0.2) is 24.3 Å². The van der Waals surface area contributed by atoms with E-state index in [2.05, 4.69) is 24.1 Å². The second-order valence-electron chi connectivity index (χ2n) is 6.68. The number of aliphatic hydroxyl groups is 1. The summed E-state index contributed by atoms with van der Waals surface area (Å²) in [6.45, 7) is 7.84. The van der Waals surface area contributed by atoms with E-state index in [1.807, 2.05) is 0 Å². The van der Waals surface area contributed by atoms with E-state index in [1.165, 1.54) is 24.3 Å². The van der Waals surface area contributed by atoms with Crippen LogP contribution in [-0.4, -0.2) is 61.4 Å². The molecule has 5 nitrogen and oxygen atoms in total. The number of benzene rings is 1. The van der Waals surface area contributed by atoms with Gasteiger partial charge in [-0.3, -0.25) is 9.69 Å². The molecule has 0 radical (unpaired) electrons. The summed E-state index contributed by atoms with van der Waals surface area (Å²) in [5.41, 5.74) is 0.599. The second kappa shape index (κ2) is 9.11. The number of nitrogens with zero attached hydrogens (tertiary/aromatic N) is 1. The molecule has 0 aromatic heterocycles. The molecule has 2 rings (SSSR count). The van der Waals surface area contributed by atoms with Gasteiger partial charge in [-0.25, -0.2) is 4.39 Å². The molecule has 1 aliphatic rings. The van der Waals surface area contributed by atoms with Crippen LogP contribution in [0.2, 0.25) is 0 Å². The van der Waals surface area contributed by atoms with Crippen molar-refractivity contribution in [1.82, 2.24) is 10.2 Å². The number of hydrogen-bond acceptors (Lipinski definition) is 4.